The molecule has 3 heteroatoms. The topological polar surface area (TPSA) is 63.3 Å². The van der Waals surface area contributed by atoms with Crippen molar-refractivity contribution in [3.8, 4) is 0 Å². The highest BCUT2D eigenvalue weighted by molar-refractivity contribution is 6.01. The minimum atomic E-state index is -1.31. The second-order valence-electron chi connectivity index (χ2n) is 4.12. The maximum Gasteiger partial charge on any atom is 0.193 e. The maximum absolute atomic E-state index is 11.7. The van der Waals surface area contributed by atoms with Crippen molar-refractivity contribution < 1.29 is 9.90 Å². The van der Waals surface area contributed by atoms with Crippen LogP contribution in [0.3, 0.4) is 0 Å². The molecule has 0 fully saturated rings. The van der Waals surface area contributed by atoms with E-state index in [-0.39, 0.29) is 5.78 Å². The van der Waals surface area contributed by atoms with E-state index in [9.17, 15) is 9.90 Å². The summed E-state index contributed by atoms with van der Waals surface area (Å²) < 4.78 is 0. The Balaban J connectivity index is 2.85. The standard InChI is InChI=1S/C12H17NO2/c1-12(2,15)11(14)10-5-3-9(4-6-10)7-8-13/h3-6,15H,7-8,13H2,1-2H3. The Hall–Kier alpha value is -1.19. The molecule has 0 aromatic heterocycles. The van der Waals surface area contributed by atoms with Gasteiger partial charge in [-0.3, -0.25) is 4.79 Å². The highest BCUT2D eigenvalue weighted by atomic mass is 16.3. The molecule has 82 valence electrons. The van der Waals surface area contributed by atoms with E-state index in [1.54, 1.807) is 12.1 Å². The average Bonchev–Trinajstić information content (AvgIpc) is 2.17. The van der Waals surface area contributed by atoms with Gasteiger partial charge in [0.05, 0.1) is 0 Å². The van der Waals surface area contributed by atoms with E-state index in [2.05, 4.69) is 0 Å². The van der Waals surface area contributed by atoms with Crippen LogP contribution in [0.1, 0.15) is 29.8 Å². The van der Waals surface area contributed by atoms with Crippen molar-refractivity contribution in [1.29, 1.82) is 0 Å². The quantitative estimate of drug-likeness (QED) is 0.728. The van der Waals surface area contributed by atoms with Gasteiger partial charge in [0.2, 0.25) is 0 Å². The predicted molar refractivity (Wildman–Crippen MR) is 59.8 cm³/mol. The molecule has 1 aromatic carbocycles. The lowest BCUT2D eigenvalue weighted by Crippen LogP contribution is -2.31. The molecular weight excluding hydrogens is 190 g/mol. The van der Waals surface area contributed by atoms with Crippen molar-refractivity contribution in [2.24, 2.45) is 5.73 Å². The molecule has 0 saturated heterocycles. The summed E-state index contributed by atoms with van der Waals surface area (Å²) in [5.74, 6) is -0.262. The smallest absolute Gasteiger partial charge is 0.193 e. The summed E-state index contributed by atoms with van der Waals surface area (Å²) in [5, 5.41) is 9.54. The summed E-state index contributed by atoms with van der Waals surface area (Å²) in [5.41, 5.74) is 5.74. The lowest BCUT2D eigenvalue weighted by atomic mass is 9.96. The number of hydrogen-bond donors (Lipinski definition) is 2. The number of rotatable bonds is 4. The van der Waals surface area contributed by atoms with Gasteiger partial charge in [-0.25, -0.2) is 0 Å². The SMILES string of the molecule is CC(C)(O)C(=O)c1ccc(CCN)cc1. The summed E-state index contributed by atoms with van der Waals surface area (Å²) in [6.45, 7) is 3.57. The largest absolute Gasteiger partial charge is 0.382 e. The van der Waals surface area contributed by atoms with Gasteiger partial charge in [-0.1, -0.05) is 24.3 Å². The van der Waals surface area contributed by atoms with Gasteiger partial charge in [-0.15, -0.1) is 0 Å². The Morgan fingerprint density at radius 3 is 2.27 bits per heavy atom. The van der Waals surface area contributed by atoms with Crippen LogP contribution in [-0.2, 0) is 6.42 Å². The molecule has 15 heavy (non-hydrogen) atoms. The fourth-order valence-corrected chi connectivity index (χ4v) is 1.34. The van der Waals surface area contributed by atoms with Gasteiger partial charge in [-0.05, 0) is 32.4 Å². The summed E-state index contributed by atoms with van der Waals surface area (Å²) in [6.07, 6.45) is 0.803. The second-order valence-corrected chi connectivity index (χ2v) is 4.12. The third-order valence-electron chi connectivity index (χ3n) is 2.20. The fraction of sp³-hybridized carbons (Fsp3) is 0.417. The van der Waals surface area contributed by atoms with Crippen molar-refractivity contribution in [3.63, 3.8) is 0 Å². The first-order valence-electron chi connectivity index (χ1n) is 5.01. The Kier molecular flexibility index (Phi) is 3.61. The average molecular weight is 207 g/mol. The number of hydrogen-bond acceptors (Lipinski definition) is 3. The Morgan fingerprint density at radius 2 is 1.87 bits per heavy atom. The van der Waals surface area contributed by atoms with E-state index >= 15 is 0 Å². The van der Waals surface area contributed by atoms with Crippen LogP contribution in [0.4, 0.5) is 0 Å². The van der Waals surface area contributed by atoms with Crippen LogP contribution in [0, 0.1) is 0 Å². The molecular formula is C12H17NO2. The summed E-state index contributed by atoms with van der Waals surface area (Å²) in [6, 6.07) is 7.19. The number of aliphatic hydroxyl groups is 1. The van der Waals surface area contributed by atoms with E-state index in [4.69, 9.17) is 5.73 Å². The molecule has 0 aliphatic heterocycles. The van der Waals surface area contributed by atoms with Gasteiger partial charge < -0.3 is 10.8 Å². The van der Waals surface area contributed by atoms with Crippen LogP contribution in [-0.4, -0.2) is 23.0 Å². The number of carbonyl (C=O) groups is 1. The number of carbonyl (C=O) groups excluding carboxylic acids is 1. The molecule has 0 atom stereocenters. The number of Topliss-reactive ketones (excluding diaryl/α,β-unsaturated/α-hetero) is 1. The number of nitrogens with two attached hydrogens (primary N) is 1. The molecule has 0 aliphatic carbocycles. The van der Waals surface area contributed by atoms with Crippen LogP contribution in [0.2, 0.25) is 0 Å². The monoisotopic (exact) mass is 207 g/mol. The van der Waals surface area contributed by atoms with Gasteiger partial charge in [0, 0.05) is 5.56 Å². The third-order valence-corrected chi connectivity index (χ3v) is 2.20. The van der Waals surface area contributed by atoms with Crippen LogP contribution < -0.4 is 5.73 Å². The number of ketones is 1. The third kappa shape index (κ3) is 3.15. The van der Waals surface area contributed by atoms with Crippen molar-refractivity contribution in [2.75, 3.05) is 6.54 Å². The van der Waals surface area contributed by atoms with E-state index in [0.29, 0.717) is 12.1 Å². The maximum atomic E-state index is 11.7. The van der Waals surface area contributed by atoms with Crippen LogP contribution in [0.15, 0.2) is 24.3 Å². The molecule has 1 rings (SSSR count). The zero-order chi connectivity index (χ0) is 11.5. The van der Waals surface area contributed by atoms with Gasteiger partial charge in [-0.2, -0.15) is 0 Å². The Labute approximate surface area is 89.9 Å². The Morgan fingerprint density at radius 1 is 1.33 bits per heavy atom. The first-order valence-corrected chi connectivity index (χ1v) is 5.01. The molecule has 3 nitrogen and oxygen atoms in total. The summed E-state index contributed by atoms with van der Waals surface area (Å²) in [7, 11) is 0. The first kappa shape index (κ1) is 11.9. The van der Waals surface area contributed by atoms with Gasteiger partial charge in [0.1, 0.15) is 5.60 Å². The lowest BCUT2D eigenvalue weighted by Gasteiger charge is -2.15. The highest BCUT2D eigenvalue weighted by Crippen LogP contribution is 2.13. The van der Waals surface area contributed by atoms with E-state index in [0.717, 1.165) is 12.0 Å². The second kappa shape index (κ2) is 4.55. The summed E-state index contributed by atoms with van der Waals surface area (Å²) >= 11 is 0. The molecule has 0 heterocycles. The molecule has 0 saturated carbocycles. The number of benzene rings is 1. The van der Waals surface area contributed by atoms with Gasteiger partial charge in [0.25, 0.3) is 0 Å². The van der Waals surface area contributed by atoms with Crippen LogP contribution >= 0.6 is 0 Å². The zero-order valence-corrected chi connectivity index (χ0v) is 9.16. The molecule has 0 aliphatic rings. The van der Waals surface area contributed by atoms with Crippen molar-refractivity contribution in [2.45, 2.75) is 25.9 Å². The fourth-order valence-electron chi connectivity index (χ4n) is 1.34. The van der Waals surface area contributed by atoms with E-state index < -0.39 is 5.60 Å². The Bertz CT molecular complexity index is 336. The molecule has 0 spiro atoms. The van der Waals surface area contributed by atoms with Crippen LogP contribution in [0.25, 0.3) is 0 Å². The minimum Gasteiger partial charge on any atom is -0.382 e. The molecule has 0 bridgehead atoms. The molecule has 0 amide bonds. The normalized spacial score (nSPS) is 11.5. The van der Waals surface area contributed by atoms with Gasteiger partial charge >= 0.3 is 0 Å². The lowest BCUT2D eigenvalue weighted by molar-refractivity contribution is 0.0488. The van der Waals surface area contributed by atoms with Gasteiger partial charge in [0.15, 0.2) is 5.78 Å². The molecule has 3 N–H and O–H groups in total. The van der Waals surface area contributed by atoms with E-state index in [1.807, 2.05) is 12.1 Å². The first-order chi connectivity index (χ1) is 6.95. The molecule has 0 unspecified atom stereocenters. The van der Waals surface area contributed by atoms with Crippen LogP contribution in [0.5, 0.6) is 0 Å². The zero-order valence-electron chi connectivity index (χ0n) is 9.16. The highest BCUT2D eigenvalue weighted by Gasteiger charge is 2.24. The predicted octanol–water partition coefficient (Wildman–Crippen LogP) is 1.14. The minimum absolute atomic E-state index is 0.262. The molecule has 1 aromatic rings. The molecule has 0 radical (unpaired) electrons. The van der Waals surface area contributed by atoms with Crippen molar-refractivity contribution in [1.82, 2.24) is 0 Å². The summed E-state index contributed by atoms with van der Waals surface area (Å²) in [4.78, 5) is 11.7. The van der Waals surface area contributed by atoms with E-state index in [1.165, 1.54) is 13.8 Å². The van der Waals surface area contributed by atoms with Crippen molar-refractivity contribution >= 4 is 5.78 Å². The van der Waals surface area contributed by atoms with Crippen molar-refractivity contribution in [3.05, 3.63) is 35.4 Å².